The standard InChI is InChI=1S/C23H14F6O2/c24-22(25,26)17-10-4-2-8-15(17)21(16-9-3-5-11-18(16)23(27,28)29)13-31-19-12-6-1-7-14(19)20(21)30/h1-12H,13H2. The van der Waals surface area contributed by atoms with Crippen molar-refractivity contribution in [3.63, 3.8) is 0 Å². The molecule has 0 bridgehead atoms. The average molecular weight is 436 g/mol. The van der Waals surface area contributed by atoms with Crippen molar-refractivity contribution in [1.29, 1.82) is 0 Å². The predicted molar refractivity (Wildman–Crippen MR) is 99.9 cm³/mol. The van der Waals surface area contributed by atoms with Gasteiger partial charge < -0.3 is 4.74 Å². The molecule has 1 aliphatic heterocycles. The van der Waals surface area contributed by atoms with E-state index in [1.54, 1.807) is 6.07 Å². The molecule has 0 spiro atoms. The second-order valence-corrected chi connectivity index (χ2v) is 7.11. The van der Waals surface area contributed by atoms with Crippen LogP contribution in [0.3, 0.4) is 0 Å². The number of carbonyl (C=O) groups excluding carboxylic acids is 1. The molecule has 0 amide bonds. The van der Waals surface area contributed by atoms with Crippen molar-refractivity contribution in [2.45, 2.75) is 17.8 Å². The van der Waals surface area contributed by atoms with Gasteiger partial charge in [0, 0.05) is 0 Å². The Balaban J connectivity index is 2.11. The number of halogens is 6. The number of ketones is 1. The Morgan fingerprint density at radius 2 is 1.13 bits per heavy atom. The van der Waals surface area contributed by atoms with Crippen LogP contribution < -0.4 is 4.74 Å². The quantitative estimate of drug-likeness (QED) is 0.442. The van der Waals surface area contributed by atoms with Gasteiger partial charge in [0.25, 0.3) is 0 Å². The third kappa shape index (κ3) is 3.36. The van der Waals surface area contributed by atoms with Gasteiger partial charge in [0.1, 0.15) is 17.8 Å². The van der Waals surface area contributed by atoms with Crippen molar-refractivity contribution in [1.82, 2.24) is 0 Å². The number of para-hydroxylation sites is 1. The van der Waals surface area contributed by atoms with Crippen LogP contribution in [-0.4, -0.2) is 12.4 Å². The maximum Gasteiger partial charge on any atom is 0.416 e. The summed E-state index contributed by atoms with van der Waals surface area (Å²) in [5, 5.41) is 0. The van der Waals surface area contributed by atoms with E-state index in [0.29, 0.717) is 0 Å². The van der Waals surface area contributed by atoms with Crippen molar-refractivity contribution >= 4 is 5.78 Å². The molecule has 4 rings (SSSR count). The molecule has 2 nitrogen and oxygen atoms in total. The van der Waals surface area contributed by atoms with Gasteiger partial charge >= 0.3 is 12.4 Å². The highest BCUT2D eigenvalue weighted by Gasteiger charge is 2.54. The van der Waals surface area contributed by atoms with Crippen molar-refractivity contribution in [3.05, 3.63) is 101 Å². The Labute approximate surface area is 173 Å². The maximum atomic E-state index is 13.9. The molecule has 0 unspecified atom stereocenters. The maximum absolute atomic E-state index is 13.9. The number of fused-ring (bicyclic) bond motifs is 1. The molecule has 1 heterocycles. The molecular formula is C23H14F6O2. The molecule has 3 aromatic rings. The topological polar surface area (TPSA) is 26.3 Å². The lowest BCUT2D eigenvalue weighted by atomic mass is 9.66. The summed E-state index contributed by atoms with van der Waals surface area (Å²) in [6, 6.07) is 14.1. The molecule has 0 atom stereocenters. The van der Waals surface area contributed by atoms with E-state index < -0.39 is 52.4 Å². The van der Waals surface area contributed by atoms with Crippen molar-refractivity contribution < 1.29 is 35.9 Å². The number of Topliss-reactive ketones (excluding diaryl/α,β-unsaturated/α-hetero) is 1. The third-order valence-corrected chi connectivity index (χ3v) is 5.35. The number of alkyl halides is 6. The summed E-state index contributed by atoms with van der Waals surface area (Å²) in [5.74, 6) is -0.778. The minimum absolute atomic E-state index is 0.0808. The van der Waals surface area contributed by atoms with Gasteiger partial charge in [-0.2, -0.15) is 26.3 Å². The molecule has 1 aliphatic rings. The minimum Gasteiger partial charge on any atom is -0.491 e. The first kappa shape index (κ1) is 21.0. The fourth-order valence-corrected chi connectivity index (χ4v) is 4.01. The van der Waals surface area contributed by atoms with E-state index in [1.807, 2.05) is 0 Å². The van der Waals surface area contributed by atoms with Gasteiger partial charge in [-0.3, -0.25) is 4.79 Å². The fourth-order valence-electron chi connectivity index (χ4n) is 4.01. The molecule has 0 fully saturated rings. The van der Waals surface area contributed by atoms with Gasteiger partial charge in [-0.1, -0.05) is 48.5 Å². The number of benzene rings is 3. The van der Waals surface area contributed by atoms with Crippen molar-refractivity contribution in [3.8, 4) is 5.75 Å². The first-order chi connectivity index (χ1) is 14.6. The summed E-state index contributed by atoms with van der Waals surface area (Å²) in [5.41, 5.74) is -5.97. The highest BCUT2D eigenvalue weighted by atomic mass is 19.4. The van der Waals surface area contributed by atoms with E-state index in [1.165, 1.54) is 30.3 Å². The van der Waals surface area contributed by atoms with Gasteiger partial charge in [0.15, 0.2) is 5.78 Å². The molecule has 0 N–H and O–H groups in total. The lowest BCUT2D eigenvalue weighted by Crippen LogP contribution is -2.48. The Kier molecular flexibility index (Phi) is 4.83. The summed E-state index contributed by atoms with van der Waals surface area (Å²) in [4.78, 5) is 13.7. The lowest BCUT2D eigenvalue weighted by molar-refractivity contribution is -0.139. The summed E-state index contributed by atoms with van der Waals surface area (Å²) in [7, 11) is 0. The molecule has 160 valence electrons. The van der Waals surface area contributed by atoms with Crippen LogP contribution in [0.1, 0.15) is 32.6 Å². The molecule has 0 aliphatic carbocycles. The monoisotopic (exact) mass is 436 g/mol. The average Bonchev–Trinajstić information content (AvgIpc) is 2.73. The molecule has 0 radical (unpaired) electrons. The molecular weight excluding hydrogens is 422 g/mol. The summed E-state index contributed by atoms with van der Waals surface area (Å²) < 4.78 is 88.8. The summed E-state index contributed by atoms with van der Waals surface area (Å²) in [6.45, 7) is -0.705. The predicted octanol–water partition coefficient (Wildman–Crippen LogP) is 6.29. The van der Waals surface area contributed by atoms with Crippen LogP contribution >= 0.6 is 0 Å². The minimum atomic E-state index is -4.89. The summed E-state index contributed by atoms with van der Waals surface area (Å²) >= 11 is 0. The second-order valence-electron chi connectivity index (χ2n) is 7.11. The second kappa shape index (κ2) is 7.14. The highest BCUT2D eigenvalue weighted by molar-refractivity contribution is 6.10. The van der Waals surface area contributed by atoms with Gasteiger partial charge in [0.2, 0.25) is 0 Å². The van der Waals surface area contributed by atoms with E-state index in [9.17, 15) is 31.1 Å². The highest BCUT2D eigenvalue weighted by Crippen LogP contribution is 2.49. The Hall–Kier alpha value is -3.29. The lowest BCUT2D eigenvalue weighted by Gasteiger charge is -2.39. The number of hydrogen-bond donors (Lipinski definition) is 0. The van der Waals surface area contributed by atoms with Crippen molar-refractivity contribution in [2.24, 2.45) is 0 Å². The van der Waals surface area contributed by atoms with Crippen LogP contribution in [0.2, 0.25) is 0 Å². The fraction of sp³-hybridized carbons (Fsp3) is 0.174. The van der Waals surface area contributed by atoms with Gasteiger partial charge in [-0.15, -0.1) is 0 Å². The molecule has 0 aromatic heterocycles. The molecule has 31 heavy (non-hydrogen) atoms. The van der Waals surface area contributed by atoms with Crippen LogP contribution in [0.15, 0.2) is 72.8 Å². The Bertz CT molecular complexity index is 1090. The van der Waals surface area contributed by atoms with Gasteiger partial charge in [-0.25, -0.2) is 0 Å². The van der Waals surface area contributed by atoms with Crippen LogP contribution in [0.25, 0.3) is 0 Å². The molecule has 3 aromatic carbocycles. The third-order valence-electron chi connectivity index (χ3n) is 5.35. The Morgan fingerprint density at radius 3 is 1.65 bits per heavy atom. The number of hydrogen-bond acceptors (Lipinski definition) is 2. The molecule has 0 saturated heterocycles. The van der Waals surface area contributed by atoms with E-state index in [4.69, 9.17) is 4.74 Å². The first-order valence-corrected chi connectivity index (χ1v) is 9.17. The molecule has 0 saturated carbocycles. The van der Waals surface area contributed by atoms with E-state index in [-0.39, 0.29) is 11.3 Å². The number of carbonyl (C=O) groups is 1. The van der Waals surface area contributed by atoms with Gasteiger partial charge in [0.05, 0.1) is 16.7 Å². The molecule has 8 heteroatoms. The Morgan fingerprint density at radius 1 is 0.677 bits per heavy atom. The van der Waals surface area contributed by atoms with Gasteiger partial charge in [-0.05, 0) is 35.4 Å². The van der Waals surface area contributed by atoms with E-state index >= 15 is 0 Å². The van der Waals surface area contributed by atoms with Crippen molar-refractivity contribution in [2.75, 3.05) is 6.61 Å². The van der Waals surface area contributed by atoms with Crippen LogP contribution in [0.5, 0.6) is 5.75 Å². The van der Waals surface area contributed by atoms with E-state index in [0.717, 1.165) is 36.4 Å². The van der Waals surface area contributed by atoms with Crippen LogP contribution in [0, 0.1) is 0 Å². The van der Waals surface area contributed by atoms with E-state index in [2.05, 4.69) is 0 Å². The SMILES string of the molecule is O=C1c2ccccc2OCC1(c1ccccc1C(F)(F)F)c1ccccc1C(F)(F)F. The number of ether oxygens (including phenoxy) is 1. The van der Waals surface area contributed by atoms with Crippen LogP contribution in [-0.2, 0) is 17.8 Å². The smallest absolute Gasteiger partial charge is 0.416 e. The normalized spacial score (nSPS) is 15.9. The first-order valence-electron chi connectivity index (χ1n) is 9.17. The zero-order valence-electron chi connectivity index (χ0n) is 15.7. The zero-order valence-corrected chi connectivity index (χ0v) is 15.7. The summed E-state index contributed by atoms with van der Waals surface area (Å²) in [6.07, 6.45) is -9.79. The number of rotatable bonds is 2. The van der Waals surface area contributed by atoms with Crippen LogP contribution in [0.4, 0.5) is 26.3 Å². The largest absolute Gasteiger partial charge is 0.491 e. The zero-order chi connectivity index (χ0) is 22.4.